The fourth-order valence-corrected chi connectivity index (χ4v) is 1.34. The Morgan fingerprint density at radius 3 is 2.88 bits per heavy atom. The third-order valence-electron chi connectivity index (χ3n) is 2.33. The summed E-state index contributed by atoms with van der Waals surface area (Å²) in [5.41, 5.74) is 3.28. The zero-order chi connectivity index (χ0) is 12.0. The molecule has 0 unspecified atom stereocenters. The van der Waals surface area contributed by atoms with Gasteiger partial charge in [0, 0.05) is 6.42 Å². The van der Waals surface area contributed by atoms with Crippen molar-refractivity contribution in [1.29, 1.82) is 5.26 Å². The van der Waals surface area contributed by atoms with Gasteiger partial charge in [0.25, 0.3) is 0 Å². The monoisotopic (exact) mass is 217 g/mol. The van der Waals surface area contributed by atoms with Crippen molar-refractivity contribution >= 4 is 5.97 Å². The van der Waals surface area contributed by atoms with Crippen molar-refractivity contribution in [1.82, 2.24) is 0 Å². The van der Waals surface area contributed by atoms with Crippen molar-refractivity contribution in [2.75, 3.05) is 0 Å². The van der Waals surface area contributed by atoms with E-state index in [0.29, 0.717) is 0 Å². The van der Waals surface area contributed by atoms with Crippen LogP contribution in [0.25, 0.3) is 0 Å². The van der Waals surface area contributed by atoms with Gasteiger partial charge < -0.3 is 4.74 Å². The first-order valence-electron chi connectivity index (χ1n) is 5.22. The number of carbonyl (C=O) groups excluding carboxylic acids is 1. The summed E-state index contributed by atoms with van der Waals surface area (Å²) in [4.78, 5) is 11.2. The molecule has 1 aromatic carbocycles. The molecule has 0 heterocycles. The van der Waals surface area contributed by atoms with Crippen molar-refractivity contribution in [2.24, 2.45) is 0 Å². The smallest absolute Gasteiger partial charge is 0.307 e. The van der Waals surface area contributed by atoms with Crippen molar-refractivity contribution in [3.63, 3.8) is 0 Å². The van der Waals surface area contributed by atoms with Crippen molar-refractivity contribution < 1.29 is 9.53 Å². The molecule has 0 radical (unpaired) electrons. The lowest BCUT2D eigenvalue weighted by molar-refractivity contribution is -0.144. The van der Waals surface area contributed by atoms with E-state index < -0.39 is 0 Å². The van der Waals surface area contributed by atoms with Crippen LogP contribution in [0.3, 0.4) is 0 Å². The number of benzene rings is 1. The topological polar surface area (TPSA) is 50.1 Å². The fourth-order valence-electron chi connectivity index (χ4n) is 1.34. The number of carbonyl (C=O) groups is 1. The Hall–Kier alpha value is -1.82. The minimum absolute atomic E-state index is 0.168. The van der Waals surface area contributed by atoms with Crippen LogP contribution in [-0.4, -0.2) is 5.97 Å². The molecule has 3 nitrogen and oxygen atoms in total. The largest absolute Gasteiger partial charge is 0.461 e. The summed E-state index contributed by atoms with van der Waals surface area (Å²) in [6.07, 6.45) is 0.382. The molecular weight excluding hydrogens is 202 g/mol. The van der Waals surface area contributed by atoms with E-state index in [1.807, 2.05) is 38.1 Å². The Balaban J connectivity index is 2.51. The van der Waals surface area contributed by atoms with Gasteiger partial charge in [-0.05, 0) is 25.0 Å². The van der Waals surface area contributed by atoms with Crippen LogP contribution in [0.5, 0.6) is 0 Å². The van der Waals surface area contributed by atoms with E-state index in [1.165, 1.54) is 0 Å². The second-order valence-electron chi connectivity index (χ2n) is 3.75. The molecule has 0 atom stereocenters. The summed E-state index contributed by atoms with van der Waals surface area (Å²) in [6.45, 7) is 4.27. The van der Waals surface area contributed by atoms with Gasteiger partial charge in [-0.25, -0.2) is 0 Å². The molecule has 0 N–H and O–H groups in total. The minimum Gasteiger partial charge on any atom is -0.461 e. The number of hydrogen-bond donors (Lipinski definition) is 0. The molecule has 0 aromatic heterocycles. The quantitative estimate of drug-likeness (QED) is 0.728. The van der Waals surface area contributed by atoms with Crippen LogP contribution >= 0.6 is 0 Å². The van der Waals surface area contributed by atoms with E-state index in [9.17, 15) is 4.79 Å². The Kier molecular flexibility index (Phi) is 4.53. The van der Waals surface area contributed by atoms with Crippen molar-refractivity contribution in [3.8, 4) is 6.07 Å². The maximum Gasteiger partial charge on any atom is 0.307 e. The van der Waals surface area contributed by atoms with E-state index in [-0.39, 0.29) is 25.4 Å². The average Bonchev–Trinajstić information content (AvgIpc) is 2.27. The van der Waals surface area contributed by atoms with E-state index in [1.54, 1.807) is 0 Å². The van der Waals surface area contributed by atoms with Crippen LogP contribution in [-0.2, 0) is 16.1 Å². The van der Waals surface area contributed by atoms with Gasteiger partial charge in [0.05, 0.1) is 12.5 Å². The maximum absolute atomic E-state index is 11.2. The fraction of sp³-hybridized carbons (Fsp3) is 0.385. The second kappa shape index (κ2) is 5.92. The molecule has 0 fully saturated rings. The summed E-state index contributed by atoms with van der Waals surface area (Å²) >= 11 is 0. The molecule has 0 spiro atoms. The number of esters is 1. The highest BCUT2D eigenvalue weighted by molar-refractivity contribution is 5.69. The van der Waals surface area contributed by atoms with Crippen molar-refractivity contribution in [3.05, 3.63) is 34.9 Å². The van der Waals surface area contributed by atoms with Crippen LogP contribution < -0.4 is 0 Å². The molecule has 16 heavy (non-hydrogen) atoms. The number of nitriles is 1. The first-order chi connectivity index (χ1) is 7.63. The van der Waals surface area contributed by atoms with E-state index in [4.69, 9.17) is 10.00 Å². The molecule has 0 amide bonds. The zero-order valence-electron chi connectivity index (χ0n) is 9.62. The van der Waals surface area contributed by atoms with E-state index in [0.717, 1.165) is 16.7 Å². The number of aryl methyl sites for hydroxylation is 2. The molecule has 1 rings (SSSR count). The first kappa shape index (κ1) is 12.3. The van der Waals surface area contributed by atoms with Crippen LogP contribution in [0, 0.1) is 25.2 Å². The molecule has 3 heteroatoms. The SMILES string of the molecule is Cc1ccc(C)c(COC(=O)CCC#N)c1. The number of rotatable bonds is 4. The molecule has 84 valence electrons. The molecule has 0 saturated carbocycles. The predicted octanol–water partition coefficient (Wildman–Crippen LogP) is 2.65. The molecule has 0 saturated heterocycles. The van der Waals surface area contributed by atoms with Gasteiger partial charge in [0.2, 0.25) is 0 Å². The highest BCUT2D eigenvalue weighted by atomic mass is 16.5. The summed E-state index contributed by atoms with van der Waals surface area (Å²) in [7, 11) is 0. The standard InChI is InChI=1S/C13H15NO2/c1-10-5-6-11(2)12(8-10)9-16-13(15)4-3-7-14/h5-6,8H,3-4,9H2,1-2H3. The lowest BCUT2D eigenvalue weighted by Crippen LogP contribution is -2.05. The lowest BCUT2D eigenvalue weighted by atomic mass is 10.1. The molecule has 1 aromatic rings. The third-order valence-corrected chi connectivity index (χ3v) is 2.33. The highest BCUT2D eigenvalue weighted by Gasteiger charge is 2.04. The Morgan fingerprint density at radius 1 is 1.44 bits per heavy atom. The van der Waals surface area contributed by atoms with E-state index in [2.05, 4.69) is 0 Å². The summed E-state index contributed by atoms with van der Waals surface area (Å²) < 4.78 is 5.08. The Morgan fingerprint density at radius 2 is 2.19 bits per heavy atom. The Labute approximate surface area is 95.7 Å². The second-order valence-corrected chi connectivity index (χ2v) is 3.75. The molecule has 0 aliphatic rings. The average molecular weight is 217 g/mol. The van der Waals surface area contributed by atoms with Gasteiger partial charge >= 0.3 is 5.97 Å². The predicted molar refractivity (Wildman–Crippen MR) is 60.6 cm³/mol. The van der Waals surface area contributed by atoms with Gasteiger partial charge in [-0.2, -0.15) is 5.26 Å². The number of hydrogen-bond acceptors (Lipinski definition) is 3. The summed E-state index contributed by atoms with van der Waals surface area (Å²) in [6, 6.07) is 7.96. The maximum atomic E-state index is 11.2. The zero-order valence-corrected chi connectivity index (χ0v) is 9.62. The Bertz CT molecular complexity index is 418. The van der Waals surface area contributed by atoms with E-state index >= 15 is 0 Å². The van der Waals surface area contributed by atoms with Gasteiger partial charge in [-0.1, -0.05) is 23.8 Å². The molecule has 0 aliphatic carbocycles. The summed E-state index contributed by atoms with van der Waals surface area (Å²) in [5.74, 6) is -0.317. The van der Waals surface area contributed by atoms with Crippen LogP contribution in [0.15, 0.2) is 18.2 Å². The van der Waals surface area contributed by atoms with Crippen LogP contribution in [0.2, 0.25) is 0 Å². The van der Waals surface area contributed by atoms with Gasteiger partial charge in [-0.3, -0.25) is 4.79 Å². The van der Waals surface area contributed by atoms with Crippen LogP contribution in [0.4, 0.5) is 0 Å². The van der Waals surface area contributed by atoms with Gasteiger partial charge in [0.1, 0.15) is 6.61 Å². The van der Waals surface area contributed by atoms with Crippen molar-refractivity contribution in [2.45, 2.75) is 33.3 Å². The van der Waals surface area contributed by atoms with Crippen LogP contribution in [0.1, 0.15) is 29.5 Å². The minimum atomic E-state index is -0.317. The third kappa shape index (κ3) is 3.74. The molecule has 0 bridgehead atoms. The molecule has 0 aliphatic heterocycles. The van der Waals surface area contributed by atoms with Gasteiger partial charge in [-0.15, -0.1) is 0 Å². The summed E-state index contributed by atoms with van der Waals surface area (Å²) in [5, 5.41) is 8.32. The number of ether oxygens (including phenoxy) is 1. The lowest BCUT2D eigenvalue weighted by Gasteiger charge is -2.07. The normalized spacial score (nSPS) is 9.56. The highest BCUT2D eigenvalue weighted by Crippen LogP contribution is 2.12. The number of nitrogens with zero attached hydrogens (tertiary/aromatic N) is 1. The van der Waals surface area contributed by atoms with Gasteiger partial charge in [0.15, 0.2) is 0 Å². The molecular formula is C13H15NO2. The first-order valence-corrected chi connectivity index (χ1v) is 5.22.